The van der Waals surface area contributed by atoms with E-state index >= 15 is 0 Å². The Morgan fingerprint density at radius 2 is 2.24 bits per heavy atom. The predicted molar refractivity (Wildman–Crippen MR) is 63.0 cm³/mol. The van der Waals surface area contributed by atoms with E-state index in [2.05, 4.69) is 0 Å². The molecule has 0 aliphatic carbocycles. The summed E-state index contributed by atoms with van der Waals surface area (Å²) in [5.41, 5.74) is 6.17. The zero-order valence-corrected chi connectivity index (χ0v) is 9.75. The molecule has 94 valence electrons. The number of rotatable bonds is 3. The summed E-state index contributed by atoms with van der Waals surface area (Å²) >= 11 is 0. The molecule has 3 nitrogen and oxygen atoms in total. The van der Waals surface area contributed by atoms with Gasteiger partial charge in [-0.25, -0.2) is 8.78 Å². The van der Waals surface area contributed by atoms with E-state index in [4.69, 9.17) is 10.5 Å². The van der Waals surface area contributed by atoms with Gasteiger partial charge in [0.2, 0.25) is 0 Å². The molecule has 0 radical (unpaired) electrons. The summed E-state index contributed by atoms with van der Waals surface area (Å²) < 4.78 is 31.9. The fourth-order valence-corrected chi connectivity index (χ4v) is 2.28. The van der Waals surface area contributed by atoms with Crippen LogP contribution in [0.4, 0.5) is 20.2 Å². The SMILES string of the molecule is COCC1CCN(c2c(N)ccc(F)c2F)C1. The second-order valence-electron chi connectivity index (χ2n) is 4.36. The molecule has 1 aliphatic rings. The molecule has 0 amide bonds. The van der Waals surface area contributed by atoms with Gasteiger partial charge < -0.3 is 15.4 Å². The molecule has 1 fully saturated rings. The highest BCUT2D eigenvalue weighted by Gasteiger charge is 2.27. The highest BCUT2D eigenvalue weighted by atomic mass is 19.2. The molecule has 0 saturated carbocycles. The summed E-state index contributed by atoms with van der Waals surface area (Å²) in [7, 11) is 1.64. The van der Waals surface area contributed by atoms with Crippen molar-refractivity contribution in [3.63, 3.8) is 0 Å². The quantitative estimate of drug-likeness (QED) is 0.824. The molecule has 1 aromatic carbocycles. The lowest BCUT2D eigenvalue weighted by Crippen LogP contribution is -2.23. The Bertz CT molecular complexity index is 412. The van der Waals surface area contributed by atoms with E-state index in [0.29, 0.717) is 25.6 Å². The first-order valence-corrected chi connectivity index (χ1v) is 5.61. The van der Waals surface area contributed by atoms with E-state index in [-0.39, 0.29) is 11.4 Å². The first-order valence-electron chi connectivity index (χ1n) is 5.61. The molecular formula is C12H16F2N2O. The number of methoxy groups -OCH3 is 1. The van der Waals surface area contributed by atoms with Gasteiger partial charge in [-0.05, 0) is 18.6 Å². The van der Waals surface area contributed by atoms with Gasteiger partial charge in [0.25, 0.3) is 0 Å². The maximum absolute atomic E-state index is 13.7. The van der Waals surface area contributed by atoms with Crippen molar-refractivity contribution >= 4 is 11.4 Å². The van der Waals surface area contributed by atoms with Crippen molar-refractivity contribution in [2.45, 2.75) is 6.42 Å². The largest absolute Gasteiger partial charge is 0.397 e. The van der Waals surface area contributed by atoms with Crippen LogP contribution in [0.1, 0.15) is 6.42 Å². The van der Waals surface area contributed by atoms with E-state index in [9.17, 15) is 8.78 Å². The lowest BCUT2D eigenvalue weighted by Gasteiger charge is -2.21. The lowest BCUT2D eigenvalue weighted by atomic mass is 10.1. The summed E-state index contributed by atoms with van der Waals surface area (Å²) in [5, 5.41) is 0. The number of nitrogens with two attached hydrogens (primary N) is 1. The monoisotopic (exact) mass is 242 g/mol. The molecule has 0 spiro atoms. The molecule has 1 atom stereocenters. The standard InChI is InChI=1S/C12H16F2N2O/c1-17-7-8-4-5-16(6-8)12-10(15)3-2-9(13)11(12)14/h2-3,8H,4-7,15H2,1H3. The van der Waals surface area contributed by atoms with Crippen LogP contribution in [0.3, 0.4) is 0 Å². The Balaban J connectivity index is 2.21. The molecular weight excluding hydrogens is 226 g/mol. The molecule has 1 aromatic rings. The van der Waals surface area contributed by atoms with E-state index in [1.165, 1.54) is 6.07 Å². The van der Waals surface area contributed by atoms with Crippen LogP contribution in [0.25, 0.3) is 0 Å². The van der Waals surface area contributed by atoms with E-state index in [0.717, 1.165) is 12.5 Å². The molecule has 17 heavy (non-hydrogen) atoms. The van der Waals surface area contributed by atoms with Crippen molar-refractivity contribution in [3.05, 3.63) is 23.8 Å². The molecule has 1 aliphatic heterocycles. The molecule has 1 unspecified atom stereocenters. The second kappa shape index (κ2) is 4.87. The Morgan fingerprint density at radius 3 is 2.94 bits per heavy atom. The Hall–Kier alpha value is -1.36. The fraction of sp³-hybridized carbons (Fsp3) is 0.500. The number of nitrogen functional groups attached to an aromatic ring is 1. The van der Waals surface area contributed by atoms with Crippen molar-refractivity contribution in [1.29, 1.82) is 0 Å². The van der Waals surface area contributed by atoms with E-state index in [1.54, 1.807) is 12.0 Å². The van der Waals surface area contributed by atoms with Gasteiger partial charge in [0.15, 0.2) is 11.6 Å². The molecule has 1 saturated heterocycles. The zero-order valence-electron chi connectivity index (χ0n) is 9.75. The second-order valence-corrected chi connectivity index (χ2v) is 4.36. The number of hydrogen-bond acceptors (Lipinski definition) is 3. The molecule has 0 aromatic heterocycles. The van der Waals surface area contributed by atoms with Crippen molar-refractivity contribution in [2.24, 2.45) is 5.92 Å². The highest BCUT2D eigenvalue weighted by molar-refractivity contribution is 5.68. The van der Waals surface area contributed by atoms with Crippen molar-refractivity contribution < 1.29 is 13.5 Å². The van der Waals surface area contributed by atoms with Crippen LogP contribution in [0.5, 0.6) is 0 Å². The van der Waals surface area contributed by atoms with Gasteiger partial charge in [0.05, 0.1) is 18.0 Å². The Labute approximate surface area is 99.2 Å². The average Bonchev–Trinajstić information content (AvgIpc) is 2.73. The third-order valence-corrected chi connectivity index (χ3v) is 3.10. The van der Waals surface area contributed by atoms with Crippen LogP contribution in [0, 0.1) is 17.6 Å². The van der Waals surface area contributed by atoms with Gasteiger partial charge in [0, 0.05) is 26.1 Å². The minimum Gasteiger partial charge on any atom is -0.397 e. The predicted octanol–water partition coefficient (Wildman–Crippen LogP) is 2.02. The van der Waals surface area contributed by atoms with E-state index < -0.39 is 11.6 Å². The number of hydrogen-bond donors (Lipinski definition) is 1. The summed E-state index contributed by atoms with van der Waals surface area (Å²) in [6.45, 7) is 1.96. The topological polar surface area (TPSA) is 38.5 Å². The van der Waals surface area contributed by atoms with Crippen molar-refractivity contribution in [1.82, 2.24) is 0 Å². The van der Waals surface area contributed by atoms with Gasteiger partial charge in [-0.15, -0.1) is 0 Å². The normalized spacial score (nSPS) is 19.9. The maximum atomic E-state index is 13.7. The lowest BCUT2D eigenvalue weighted by molar-refractivity contribution is 0.161. The number of halogens is 2. The van der Waals surface area contributed by atoms with Crippen LogP contribution in [-0.2, 0) is 4.74 Å². The maximum Gasteiger partial charge on any atom is 0.184 e. The van der Waals surface area contributed by atoms with Gasteiger partial charge in [0.1, 0.15) is 0 Å². The minimum absolute atomic E-state index is 0.184. The number of ether oxygens (including phenoxy) is 1. The summed E-state index contributed by atoms with van der Waals surface area (Å²) in [6.07, 6.45) is 0.906. The van der Waals surface area contributed by atoms with Crippen LogP contribution < -0.4 is 10.6 Å². The number of nitrogens with zero attached hydrogens (tertiary/aromatic N) is 1. The van der Waals surface area contributed by atoms with Crippen LogP contribution in [0.2, 0.25) is 0 Å². The Morgan fingerprint density at radius 1 is 1.47 bits per heavy atom. The van der Waals surface area contributed by atoms with Crippen LogP contribution >= 0.6 is 0 Å². The van der Waals surface area contributed by atoms with Crippen molar-refractivity contribution in [2.75, 3.05) is 37.4 Å². The van der Waals surface area contributed by atoms with Crippen molar-refractivity contribution in [3.8, 4) is 0 Å². The van der Waals surface area contributed by atoms with Gasteiger partial charge in [-0.1, -0.05) is 0 Å². The van der Waals surface area contributed by atoms with Gasteiger partial charge >= 0.3 is 0 Å². The molecule has 2 N–H and O–H groups in total. The molecule has 0 bridgehead atoms. The summed E-state index contributed by atoms with van der Waals surface area (Å²) in [6, 6.07) is 2.45. The minimum atomic E-state index is -0.858. The first kappa shape index (κ1) is 12.1. The molecule has 1 heterocycles. The summed E-state index contributed by atoms with van der Waals surface area (Å²) in [4.78, 5) is 1.79. The number of benzene rings is 1. The average molecular weight is 242 g/mol. The van der Waals surface area contributed by atoms with Crippen LogP contribution in [0.15, 0.2) is 12.1 Å². The Kier molecular flexibility index (Phi) is 3.47. The third kappa shape index (κ3) is 2.34. The van der Waals surface area contributed by atoms with Gasteiger partial charge in [-0.3, -0.25) is 0 Å². The number of anilines is 2. The summed E-state index contributed by atoms with van der Waals surface area (Å²) in [5.74, 6) is -1.37. The smallest absolute Gasteiger partial charge is 0.184 e. The molecule has 5 heteroatoms. The fourth-order valence-electron chi connectivity index (χ4n) is 2.28. The third-order valence-electron chi connectivity index (χ3n) is 3.10. The highest BCUT2D eigenvalue weighted by Crippen LogP contribution is 2.32. The molecule has 2 rings (SSSR count). The first-order chi connectivity index (χ1) is 8.13. The van der Waals surface area contributed by atoms with Gasteiger partial charge in [-0.2, -0.15) is 0 Å². The van der Waals surface area contributed by atoms with E-state index in [1.807, 2.05) is 0 Å². The van der Waals surface area contributed by atoms with Crippen LogP contribution in [-0.4, -0.2) is 26.8 Å². The zero-order chi connectivity index (χ0) is 12.4.